The molecule has 3 rings (SSSR count). The van der Waals surface area contributed by atoms with Gasteiger partial charge in [0.05, 0.1) is 18.0 Å². The van der Waals surface area contributed by atoms with E-state index in [-0.39, 0.29) is 17.7 Å². The predicted molar refractivity (Wildman–Crippen MR) is 77.6 cm³/mol. The summed E-state index contributed by atoms with van der Waals surface area (Å²) in [5.41, 5.74) is -0.504. The molecule has 2 aliphatic rings. The summed E-state index contributed by atoms with van der Waals surface area (Å²) in [5, 5.41) is 0. The number of pyridine rings is 1. The van der Waals surface area contributed by atoms with Crippen LogP contribution in [0.5, 0.6) is 5.88 Å². The third kappa shape index (κ3) is 2.95. The first kappa shape index (κ1) is 15.6. The van der Waals surface area contributed by atoms with Gasteiger partial charge in [0.15, 0.2) is 5.82 Å². The zero-order chi connectivity index (χ0) is 15.8. The average molecular weight is 330 g/mol. The number of ether oxygens (including phenoxy) is 2. The molecule has 2 saturated heterocycles. The second kappa shape index (κ2) is 5.75. The third-order valence-electron chi connectivity index (χ3n) is 4.14. The van der Waals surface area contributed by atoms with Crippen molar-refractivity contribution in [2.75, 3.05) is 25.4 Å². The lowest BCUT2D eigenvalue weighted by molar-refractivity contribution is -0.165. The summed E-state index contributed by atoms with van der Waals surface area (Å²) >= 11 is 0. The van der Waals surface area contributed by atoms with Crippen molar-refractivity contribution in [2.24, 2.45) is 0 Å². The van der Waals surface area contributed by atoms with E-state index in [9.17, 15) is 12.8 Å². The molecule has 6 nitrogen and oxygen atoms in total. The van der Waals surface area contributed by atoms with Crippen molar-refractivity contribution in [3.8, 4) is 5.88 Å². The van der Waals surface area contributed by atoms with E-state index in [2.05, 4.69) is 4.98 Å². The molecule has 2 fully saturated rings. The van der Waals surface area contributed by atoms with Gasteiger partial charge in [-0.15, -0.1) is 0 Å². The van der Waals surface area contributed by atoms with Crippen molar-refractivity contribution >= 4 is 10.0 Å². The lowest BCUT2D eigenvalue weighted by Gasteiger charge is -2.51. The maximum Gasteiger partial charge on any atom is 0.250 e. The standard InChI is InChI=1S/C14H19FN2O4S/c1-2-22(18,19)17-9-14(10-17)8-11(5-7-20-14)21-13-12(15)4-3-6-16-13/h3-4,6,11H,2,5,7-10H2,1H3/t11-/m1/s1. The Morgan fingerprint density at radius 1 is 1.55 bits per heavy atom. The fourth-order valence-electron chi connectivity index (χ4n) is 2.90. The highest BCUT2D eigenvalue weighted by Crippen LogP contribution is 2.37. The van der Waals surface area contributed by atoms with E-state index < -0.39 is 21.4 Å². The zero-order valence-corrected chi connectivity index (χ0v) is 13.2. The van der Waals surface area contributed by atoms with Gasteiger partial charge in [-0.25, -0.2) is 17.8 Å². The number of halogens is 1. The molecule has 0 N–H and O–H groups in total. The van der Waals surface area contributed by atoms with Gasteiger partial charge in [-0.05, 0) is 19.1 Å². The first-order valence-corrected chi connectivity index (χ1v) is 8.94. The smallest absolute Gasteiger partial charge is 0.250 e. The minimum atomic E-state index is -3.18. The summed E-state index contributed by atoms with van der Waals surface area (Å²) < 4.78 is 50.0. The normalized spacial score (nSPS) is 24.9. The molecule has 3 heterocycles. The molecular weight excluding hydrogens is 311 g/mol. The number of nitrogens with zero attached hydrogens (tertiary/aromatic N) is 2. The molecule has 122 valence electrons. The Hall–Kier alpha value is -1.25. The first-order chi connectivity index (χ1) is 10.4. The van der Waals surface area contributed by atoms with Gasteiger partial charge in [-0.1, -0.05) is 0 Å². The van der Waals surface area contributed by atoms with Gasteiger partial charge in [-0.2, -0.15) is 4.31 Å². The van der Waals surface area contributed by atoms with Crippen LogP contribution in [0.3, 0.4) is 0 Å². The topological polar surface area (TPSA) is 68.7 Å². The maximum absolute atomic E-state index is 13.6. The third-order valence-corrected chi connectivity index (χ3v) is 5.91. The van der Waals surface area contributed by atoms with Crippen LogP contribution in [0.1, 0.15) is 19.8 Å². The minimum absolute atomic E-state index is 0.0121. The molecule has 22 heavy (non-hydrogen) atoms. The molecular formula is C14H19FN2O4S. The Morgan fingerprint density at radius 2 is 2.32 bits per heavy atom. The number of hydrogen-bond acceptors (Lipinski definition) is 5. The summed E-state index contributed by atoms with van der Waals surface area (Å²) in [6.07, 6.45) is 2.44. The Kier molecular flexibility index (Phi) is 4.09. The molecule has 8 heteroatoms. The molecule has 0 bridgehead atoms. The largest absolute Gasteiger partial charge is 0.472 e. The van der Waals surface area contributed by atoms with E-state index in [0.29, 0.717) is 32.5 Å². The van der Waals surface area contributed by atoms with Crippen molar-refractivity contribution in [3.05, 3.63) is 24.1 Å². The quantitative estimate of drug-likeness (QED) is 0.829. The lowest BCUT2D eigenvalue weighted by atomic mass is 9.86. The summed E-state index contributed by atoms with van der Waals surface area (Å²) in [5.74, 6) is -0.420. The van der Waals surface area contributed by atoms with E-state index in [0.717, 1.165) is 0 Å². The van der Waals surface area contributed by atoms with Crippen LogP contribution < -0.4 is 4.74 Å². The van der Waals surface area contributed by atoms with Crippen LogP contribution in [0.15, 0.2) is 18.3 Å². The van der Waals surface area contributed by atoms with Crippen molar-refractivity contribution in [1.29, 1.82) is 0 Å². The summed E-state index contributed by atoms with van der Waals surface area (Å²) in [6.45, 7) is 2.78. The highest BCUT2D eigenvalue weighted by molar-refractivity contribution is 7.89. The molecule has 2 aliphatic heterocycles. The Bertz CT molecular complexity index is 646. The highest BCUT2D eigenvalue weighted by Gasteiger charge is 2.51. The fourth-order valence-corrected chi connectivity index (χ4v) is 4.12. The highest BCUT2D eigenvalue weighted by atomic mass is 32.2. The predicted octanol–water partition coefficient (Wildman–Crippen LogP) is 1.18. The zero-order valence-electron chi connectivity index (χ0n) is 12.4. The number of sulfonamides is 1. The molecule has 1 spiro atoms. The van der Waals surface area contributed by atoms with Crippen LogP contribution in [0, 0.1) is 5.82 Å². The van der Waals surface area contributed by atoms with Gasteiger partial charge in [0.25, 0.3) is 5.88 Å². The monoisotopic (exact) mass is 330 g/mol. The molecule has 0 unspecified atom stereocenters. The molecule has 1 aromatic heterocycles. The second-order valence-corrected chi connectivity index (χ2v) is 7.98. The minimum Gasteiger partial charge on any atom is -0.472 e. The van der Waals surface area contributed by atoms with Crippen LogP contribution in [0.25, 0.3) is 0 Å². The Labute approximate surface area is 129 Å². The maximum atomic E-state index is 13.6. The molecule has 0 aromatic carbocycles. The Morgan fingerprint density at radius 3 is 3.00 bits per heavy atom. The lowest BCUT2D eigenvalue weighted by Crippen LogP contribution is -2.67. The summed E-state index contributed by atoms with van der Waals surface area (Å²) in [7, 11) is -3.18. The summed E-state index contributed by atoms with van der Waals surface area (Å²) in [4.78, 5) is 3.89. The van der Waals surface area contributed by atoms with Gasteiger partial charge in [0.2, 0.25) is 10.0 Å². The van der Waals surface area contributed by atoms with Crippen molar-refractivity contribution in [2.45, 2.75) is 31.5 Å². The average Bonchev–Trinajstić information content (AvgIpc) is 2.47. The molecule has 0 amide bonds. The van der Waals surface area contributed by atoms with Crippen molar-refractivity contribution < 1.29 is 22.3 Å². The molecule has 0 aliphatic carbocycles. The molecule has 0 radical (unpaired) electrons. The summed E-state index contributed by atoms with van der Waals surface area (Å²) in [6, 6.07) is 2.81. The first-order valence-electron chi connectivity index (χ1n) is 7.33. The number of aromatic nitrogens is 1. The van der Waals surface area contributed by atoms with E-state index >= 15 is 0 Å². The van der Waals surface area contributed by atoms with Gasteiger partial charge in [-0.3, -0.25) is 0 Å². The SMILES string of the molecule is CCS(=O)(=O)N1CC2(C[C@H](Oc3ncccc3F)CCO2)C1. The van der Waals surface area contributed by atoms with Gasteiger partial charge in [0.1, 0.15) is 6.10 Å². The van der Waals surface area contributed by atoms with E-state index in [1.54, 1.807) is 6.92 Å². The van der Waals surface area contributed by atoms with Crippen LogP contribution >= 0.6 is 0 Å². The molecule has 1 aromatic rings. The van der Waals surface area contributed by atoms with E-state index in [4.69, 9.17) is 9.47 Å². The number of rotatable bonds is 4. The van der Waals surface area contributed by atoms with Crippen LogP contribution in [-0.2, 0) is 14.8 Å². The van der Waals surface area contributed by atoms with Gasteiger partial charge < -0.3 is 9.47 Å². The van der Waals surface area contributed by atoms with Crippen molar-refractivity contribution in [3.63, 3.8) is 0 Å². The van der Waals surface area contributed by atoms with Crippen LogP contribution in [-0.4, -0.2) is 54.9 Å². The van der Waals surface area contributed by atoms with E-state index in [1.807, 2.05) is 0 Å². The Balaban J connectivity index is 1.63. The van der Waals surface area contributed by atoms with E-state index in [1.165, 1.54) is 22.6 Å². The van der Waals surface area contributed by atoms with Crippen LogP contribution in [0.4, 0.5) is 4.39 Å². The second-order valence-electron chi connectivity index (χ2n) is 5.72. The fraction of sp³-hybridized carbons (Fsp3) is 0.643. The van der Waals surface area contributed by atoms with Crippen LogP contribution in [0.2, 0.25) is 0 Å². The molecule has 0 saturated carbocycles. The van der Waals surface area contributed by atoms with Gasteiger partial charge >= 0.3 is 0 Å². The molecule has 1 atom stereocenters. The van der Waals surface area contributed by atoms with Gasteiger partial charge in [0, 0.05) is 32.1 Å². The van der Waals surface area contributed by atoms with Crippen molar-refractivity contribution in [1.82, 2.24) is 9.29 Å². The number of hydrogen-bond donors (Lipinski definition) is 0.